The van der Waals surface area contributed by atoms with Crippen molar-refractivity contribution in [2.45, 2.75) is 6.73 Å². The molecule has 1 aliphatic rings. The largest absolute Gasteiger partial charge is 0.469 e. The normalized spacial score (nSPS) is 12.9. The van der Waals surface area contributed by atoms with Gasteiger partial charge in [-0.3, -0.25) is 4.57 Å². The van der Waals surface area contributed by atoms with Crippen molar-refractivity contribution in [3.63, 3.8) is 0 Å². The van der Waals surface area contributed by atoms with Crippen LogP contribution >= 0.6 is 0 Å². The van der Waals surface area contributed by atoms with E-state index in [9.17, 15) is 4.39 Å². The van der Waals surface area contributed by atoms with E-state index in [1.165, 1.54) is 6.07 Å². The SMILES string of the molecule is Fc1cccc2c1OCn1ccnc1-2. The van der Waals surface area contributed by atoms with Crippen LogP contribution in [0.3, 0.4) is 0 Å². The quantitative estimate of drug-likeness (QED) is 0.635. The highest BCUT2D eigenvalue weighted by Crippen LogP contribution is 2.34. The maximum Gasteiger partial charge on any atom is 0.168 e. The Morgan fingerprint density at radius 3 is 3.29 bits per heavy atom. The monoisotopic (exact) mass is 190 g/mol. The van der Waals surface area contributed by atoms with E-state index in [-0.39, 0.29) is 5.82 Å². The molecule has 0 spiro atoms. The lowest BCUT2D eigenvalue weighted by Gasteiger charge is -2.19. The minimum atomic E-state index is -0.336. The molecule has 0 N–H and O–H groups in total. The average Bonchev–Trinajstić information content (AvgIpc) is 2.66. The Balaban J connectivity index is 2.31. The number of benzene rings is 1. The van der Waals surface area contributed by atoms with Crippen LogP contribution in [0, 0.1) is 5.82 Å². The van der Waals surface area contributed by atoms with Gasteiger partial charge in [-0.2, -0.15) is 0 Å². The molecule has 0 amide bonds. The summed E-state index contributed by atoms with van der Waals surface area (Å²) in [6, 6.07) is 4.84. The molecule has 0 aliphatic carbocycles. The lowest BCUT2D eigenvalue weighted by Crippen LogP contribution is -2.13. The van der Waals surface area contributed by atoms with Gasteiger partial charge in [0.1, 0.15) is 5.82 Å². The molecule has 0 saturated heterocycles. The van der Waals surface area contributed by atoms with Crippen molar-refractivity contribution in [3.05, 3.63) is 36.4 Å². The molecule has 0 bridgehead atoms. The summed E-state index contributed by atoms with van der Waals surface area (Å²) in [6.45, 7) is 0.323. The van der Waals surface area contributed by atoms with Crippen LogP contribution in [0.4, 0.5) is 4.39 Å². The van der Waals surface area contributed by atoms with Gasteiger partial charge in [0, 0.05) is 12.4 Å². The minimum absolute atomic E-state index is 0.297. The molecule has 1 aromatic heterocycles. The molecule has 1 aromatic carbocycles. The van der Waals surface area contributed by atoms with Crippen LogP contribution in [-0.2, 0) is 6.73 Å². The third kappa shape index (κ3) is 0.878. The van der Waals surface area contributed by atoms with E-state index >= 15 is 0 Å². The predicted molar refractivity (Wildman–Crippen MR) is 48.2 cm³/mol. The maximum absolute atomic E-state index is 13.3. The molecular weight excluding hydrogens is 183 g/mol. The van der Waals surface area contributed by atoms with Crippen LogP contribution in [0.25, 0.3) is 11.4 Å². The summed E-state index contributed by atoms with van der Waals surface area (Å²) in [5, 5.41) is 0. The second-order valence-corrected chi connectivity index (χ2v) is 3.11. The number of rotatable bonds is 0. The summed E-state index contributed by atoms with van der Waals surface area (Å²) in [5.74, 6) is 0.716. The summed E-state index contributed by atoms with van der Waals surface area (Å²) >= 11 is 0. The van der Waals surface area contributed by atoms with Crippen LogP contribution in [0.2, 0.25) is 0 Å². The van der Waals surface area contributed by atoms with Crippen LogP contribution in [-0.4, -0.2) is 9.55 Å². The van der Waals surface area contributed by atoms with Crippen molar-refractivity contribution in [2.24, 2.45) is 0 Å². The van der Waals surface area contributed by atoms with Crippen LogP contribution < -0.4 is 4.74 Å². The van der Waals surface area contributed by atoms with Gasteiger partial charge < -0.3 is 4.74 Å². The summed E-state index contributed by atoms with van der Waals surface area (Å²) in [6.07, 6.45) is 3.49. The van der Waals surface area contributed by atoms with Crippen LogP contribution in [0.15, 0.2) is 30.6 Å². The number of para-hydroxylation sites is 1. The van der Waals surface area contributed by atoms with E-state index < -0.39 is 0 Å². The Bertz CT molecular complexity index is 493. The summed E-state index contributed by atoms with van der Waals surface area (Å²) < 4.78 is 20.4. The first-order chi connectivity index (χ1) is 6.86. The summed E-state index contributed by atoms with van der Waals surface area (Å²) in [5.41, 5.74) is 0.709. The Morgan fingerprint density at radius 1 is 1.43 bits per heavy atom. The van der Waals surface area contributed by atoms with Crippen LogP contribution in [0.1, 0.15) is 0 Å². The third-order valence-electron chi connectivity index (χ3n) is 2.27. The first-order valence-corrected chi connectivity index (χ1v) is 4.29. The first kappa shape index (κ1) is 7.55. The molecule has 0 unspecified atom stereocenters. The number of aromatic nitrogens is 2. The standard InChI is InChI=1S/C10H7FN2O/c11-8-3-1-2-7-9(8)14-6-13-5-4-12-10(7)13/h1-5H,6H2. The van der Waals surface area contributed by atoms with Gasteiger partial charge in [-0.25, -0.2) is 9.37 Å². The second kappa shape index (κ2) is 2.57. The van der Waals surface area contributed by atoms with Gasteiger partial charge in [-0.1, -0.05) is 6.07 Å². The fourth-order valence-corrected chi connectivity index (χ4v) is 1.62. The molecule has 4 heteroatoms. The topological polar surface area (TPSA) is 27.1 Å². The Kier molecular flexibility index (Phi) is 1.39. The zero-order valence-corrected chi connectivity index (χ0v) is 7.27. The molecule has 3 rings (SSSR count). The van der Waals surface area contributed by atoms with E-state index in [1.54, 1.807) is 18.3 Å². The zero-order chi connectivity index (χ0) is 9.54. The zero-order valence-electron chi connectivity index (χ0n) is 7.27. The molecule has 70 valence electrons. The fraction of sp³-hybridized carbons (Fsp3) is 0.100. The number of nitrogens with zero attached hydrogens (tertiary/aromatic N) is 2. The Hall–Kier alpha value is -1.84. The summed E-state index contributed by atoms with van der Waals surface area (Å²) in [7, 11) is 0. The van der Waals surface area contributed by atoms with Crippen molar-refractivity contribution in [1.82, 2.24) is 9.55 Å². The van der Waals surface area contributed by atoms with Crippen molar-refractivity contribution >= 4 is 0 Å². The highest BCUT2D eigenvalue weighted by atomic mass is 19.1. The van der Waals surface area contributed by atoms with Crippen molar-refractivity contribution in [3.8, 4) is 17.1 Å². The maximum atomic E-state index is 13.3. The molecule has 2 heterocycles. The van der Waals surface area contributed by atoms with Gasteiger partial charge in [0.2, 0.25) is 0 Å². The van der Waals surface area contributed by atoms with Crippen molar-refractivity contribution in [1.29, 1.82) is 0 Å². The van der Waals surface area contributed by atoms with E-state index in [2.05, 4.69) is 4.98 Å². The van der Waals surface area contributed by atoms with E-state index in [0.717, 1.165) is 5.82 Å². The molecule has 0 atom stereocenters. The van der Waals surface area contributed by atoms with E-state index in [1.807, 2.05) is 10.8 Å². The predicted octanol–water partition coefficient (Wildman–Crippen LogP) is 2.04. The van der Waals surface area contributed by atoms with E-state index in [4.69, 9.17) is 4.74 Å². The number of halogens is 1. The number of hydrogen-bond donors (Lipinski definition) is 0. The van der Waals surface area contributed by atoms with Gasteiger partial charge in [0.15, 0.2) is 18.3 Å². The lowest BCUT2D eigenvalue weighted by molar-refractivity contribution is 0.219. The van der Waals surface area contributed by atoms with Gasteiger partial charge >= 0.3 is 0 Å². The molecule has 14 heavy (non-hydrogen) atoms. The number of ether oxygens (including phenoxy) is 1. The van der Waals surface area contributed by atoms with Gasteiger partial charge in [0.25, 0.3) is 0 Å². The average molecular weight is 190 g/mol. The number of imidazole rings is 1. The number of fused-ring (bicyclic) bond motifs is 3. The van der Waals surface area contributed by atoms with Crippen LogP contribution in [0.5, 0.6) is 5.75 Å². The molecule has 2 aromatic rings. The third-order valence-corrected chi connectivity index (χ3v) is 2.27. The van der Waals surface area contributed by atoms with Gasteiger partial charge in [-0.15, -0.1) is 0 Å². The molecule has 0 radical (unpaired) electrons. The Labute approximate surface area is 79.8 Å². The van der Waals surface area contributed by atoms with E-state index in [0.29, 0.717) is 18.0 Å². The van der Waals surface area contributed by atoms with Crippen molar-refractivity contribution in [2.75, 3.05) is 0 Å². The smallest absolute Gasteiger partial charge is 0.168 e. The van der Waals surface area contributed by atoms with Gasteiger partial charge in [0.05, 0.1) is 5.56 Å². The number of hydrogen-bond acceptors (Lipinski definition) is 2. The highest BCUT2D eigenvalue weighted by Gasteiger charge is 2.20. The Morgan fingerprint density at radius 2 is 2.36 bits per heavy atom. The molecule has 3 nitrogen and oxygen atoms in total. The molecule has 1 aliphatic heterocycles. The fourth-order valence-electron chi connectivity index (χ4n) is 1.62. The second-order valence-electron chi connectivity index (χ2n) is 3.11. The van der Waals surface area contributed by atoms with Gasteiger partial charge in [-0.05, 0) is 12.1 Å². The lowest BCUT2D eigenvalue weighted by atomic mass is 10.1. The van der Waals surface area contributed by atoms with Crippen molar-refractivity contribution < 1.29 is 9.13 Å². The first-order valence-electron chi connectivity index (χ1n) is 4.29. The molecule has 0 saturated carbocycles. The minimum Gasteiger partial charge on any atom is -0.469 e. The molecular formula is C10H7FN2O. The molecule has 0 fully saturated rings. The summed E-state index contributed by atoms with van der Waals surface area (Å²) in [4.78, 5) is 4.16. The highest BCUT2D eigenvalue weighted by molar-refractivity contribution is 5.65.